The van der Waals surface area contributed by atoms with E-state index in [0.717, 1.165) is 5.52 Å². The maximum atomic E-state index is 14.8. The fraction of sp³-hybridized carbons (Fsp3) is 0.483. The fourth-order valence-corrected chi connectivity index (χ4v) is 11.4. The Morgan fingerprint density at radius 2 is 1.39 bits per heavy atom. The SMILES string of the molecule is NCCCC[C@H](NC(=O)[C@H](CO)NC(=O)[C@H](Cc1c[nH]c2ccccc12)NC(=O)[C@H](Cc1cnc[nH]1)NC(=O)[C@@H]1NCCC1=O)C(=O)N[C@H]1CC(=O)CNCCCC[C@@H](C(=O)N2CCC[C@@H]2C(=O)NCC(N)=O)NC(=O)[C@H](Cc2c[nH]c3ccccc23)NC1=O. The van der Waals surface area contributed by atoms with E-state index >= 15 is 0 Å². The van der Waals surface area contributed by atoms with Gasteiger partial charge in [0, 0.05) is 91.3 Å². The average molecular weight is 1250 g/mol. The Hall–Kier alpha value is -9.39. The van der Waals surface area contributed by atoms with E-state index in [1.54, 1.807) is 48.8 Å². The molecule has 5 aromatic rings. The quantitative estimate of drug-likeness (QED) is 0.0197. The first-order chi connectivity index (χ1) is 43.4. The number of primary amides is 1. The number of nitrogens with one attached hydrogen (secondary N) is 13. The van der Waals surface area contributed by atoms with Crippen LogP contribution in [-0.2, 0) is 76.8 Å². The number of H-pyrrole nitrogens is 3. The number of imidazole rings is 1. The van der Waals surface area contributed by atoms with E-state index in [4.69, 9.17) is 11.5 Å². The van der Waals surface area contributed by atoms with Crippen LogP contribution in [0.15, 0.2) is 73.4 Å². The molecule has 30 nitrogen and oxygen atoms in total. The van der Waals surface area contributed by atoms with E-state index < -0.39 is 139 Å². The van der Waals surface area contributed by atoms with Gasteiger partial charge in [-0.1, -0.05) is 36.4 Å². The Kier molecular flexibility index (Phi) is 23.8. The molecule has 18 N–H and O–H groups in total. The van der Waals surface area contributed by atoms with Crippen molar-refractivity contribution in [2.75, 3.05) is 45.9 Å². The van der Waals surface area contributed by atoms with Gasteiger partial charge in [0.05, 0.1) is 26.0 Å². The normalized spacial score (nSPS) is 20.7. The fourth-order valence-electron chi connectivity index (χ4n) is 11.4. The number of Topliss-reactive ketones (excluding diaryl/α,β-unsaturated/α-hetero) is 2. The molecule has 6 heterocycles. The second-order valence-corrected chi connectivity index (χ2v) is 22.7. The second-order valence-electron chi connectivity index (χ2n) is 22.7. The number of amides is 10. The van der Waals surface area contributed by atoms with Gasteiger partial charge in [-0.2, -0.15) is 0 Å². The van der Waals surface area contributed by atoms with Gasteiger partial charge in [-0.3, -0.25) is 62.9 Å². The highest BCUT2D eigenvalue weighted by atomic mass is 16.3. The lowest BCUT2D eigenvalue weighted by molar-refractivity contribution is -0.142. The third-order valence-corrected chi connectivity index (χ3v) is 16.1. The van der Waals surface area contributed by atoms with Crippen LogP contribution >= 0.6 is 0 Å². The summed E-state index contributed by atoms with van der Waals surface area (Å²) in [4.78, 5) is 181. The first-order valence-electron chi connectivity index (χ1n) is 30.3. The van der Waals surface area contributed by atoms with Gasteiger partial charge in [0.2, 0.25) is 59.1 Å². The number of aromatic nitrogens is 4. The lowest BCUT2D eigenvalue weighted by atomic mass is 10.0. The predicted molar refractivity (Wildman–Crippen MR) is 325 cm³/mol. The first-order valence-corrected chi connectivity index (χ1v) is 30.3. The number of hydrogen-bond donors (Lipinski definition) is 16. The van der Waals surface area contributed by atoms with Crippen molar-refractivity contribution in [3.63, 3.8) is 0 Å². The molecule has 0 radical (unpaired) electrons. The Labute approximate surface area is 516 Å². The highest BCUT2D eigenvalue weighted by molar-refractivity contribution is 6.08. The second kappa shape index (κ2) is 32.2. The third kappa shape index (κ3) is 17.9. The maximum Gasteiger partial charge on any atom is 0.245 e. The van der Waals surface area contributed by atoms with Crippen molar-refractivity contribution >= 4 is 92.4 Å². The highest BCUT2D eigenvalue weighted by Crippen LogP contribution is 2.23. The molecule has 0 unspecified atom stereocenters. The van der Waals surface area contributed by atoms with Crippen LogP contribution in [0.1, 0.15) is 81.0 Å². The molecule has 2 aromatic carbocycles. The molecule has 9 atom stereocenters. The Balaban J connectivity index is 1.02. The number of rotatable bonds is 25. The maximum absolute atomic E-state index is 14.8. The highest BCUT2D eigenvalue weighted by Gasteiger charge is 2.41. The first kappa shape index (κ1) is 66.6. The molecule has 482 valence electrons. The van der Waals surface area contributed by atoms with Crippen LogP contribution in [0.25, 0.3) is 21.8 Å². The molecular weight excluding hydrogens is 1170 g/mol. The molecule has 8 rings (SSSR count). The molecule has 0 bridgehead atoms. The molecule has 3 fully saturated rings. The molecule has 3 saturated heterocycles. The van der Waals surface area contributed by atoms with Crippen LogP contribution in [-0.4, -0.2) is 201 Å². The summed E-state index contributed by atoms with van der Waals surface area (Å²) in [5.41, 5.74) is 14.1. The molecular formula is C60H79N17O13. The van der Waals surface area contributed by atoms with E-state index in [9.17, 15) is 62.6 Å². The van der Waals surface area contributed by atoms with Crippen molar-refractivity contribution in [3.8, 4) is 0 Å². The van der Waals surface area contributed by atoms with Gasteiger partial charge in [0.1, 0.15) is 60.2 Å². The third-order valence-electron chi connectivity index (χ3n) is 16.1. The number of benzene rings is 2. The molecule has 0 spiro atoms. The largest absolute Gasteiger partial charge is 0.394 e. The number of para-hydroxylation sites is 2. The summed E-state index contributed by atoms with van der Waals surface area (Å²) in [5, 5.41) is 39.1. The summed E-state index contributed by atoms with van der Waals surface area (Å²) < 4.78 is 0. The minimum absolute atomic E-state index is 0.0962. The van der Waals surface area contributed by atoms with Crippen LogP contribution in [0.5, 0.6) is 0 Å². The minimum Gasteiger partial charge on any atom is -0.394 e. The summed E-state index contributed by atoms with van der Waals surface area (Å²) in [6.45, 7) is -0.812. The number of hydrogen-bond acceptors (Lipinski definition) is 17. The van der Waals surface area contributed by atoms with Gasteiger partial charge in [-0.15, -0.1) is 0 Å². The lowest BCUT2D eigenvalue weighted by Crippen LogP contribution is -2.61. The number of likely N-dealkylation sites (tertiary alicyclic amines) is 1. The van der Waals surface area contributed by atoms with Crippen molar-refractivity contribution < 1.29 is 62.6 Å². The number of aliphatic hydroxyl groups is 1. The zero-order valence-electron chi connectivity index (χ0n) is 49.7. The zero-order chi connectivity index (χ0) is 64.3. The van der Waals surface area contributed by atoms with Crippen molar-refractivity contribution in [1.82, 2.24) is 78.0 Å². The molecule has 3 aromatic heterocycles. The van der Waals surface area contributed by atoms with Crippen LogP contribution in [0.2, 0.25) is 0 Å². The Morgan fingerprint density at radius 1 is 0.711 bits per heavy atom. The van der Waals surface area contributed by atoms with Crippen molar-refractivity contribution in [2.45, 2.75) is 138 Å². The van der Waals surface area contributed by atoms with Crippen molar-refractivity contribution in [2.24, 2.45) is 11.5 Å². The molecule has 3 aliphatic heterocycles. The van der Waals surface area contributed by atoms with Gasteiger partial charge >= 0.3 is 0 Å². The molecule has 0 saturated carbocycles. The lowest BCUT2D eigenvalue weighted by Gasteiger charge is -2.30. The number of carbonyl (C=O) groups is 12. The number of aliphatic hydroxyl groups excluding tert-OH is 1. The Morgan fingerprint density at radius 3 is 2.07 bits per heavy atom. The molecule has 0 aliphatic carbocycles. The van der Waals surface area contributed by atoms with E-state index in [2.05, 4.69) is 73.1 Å². The summed E-state index contributed by atoms with van der Waals surface area (Å²) >= 11 is 0. The number of fused-ring (bicyclic) bond motifs is 2. The summed E-state index contributed by atoms with van der Waals surface area (Å²) in [6, 6.07) is 1.79. The molecule has 30 heteroatoms. The monoisotopic (exact) mass is 1250 g/mol. The Bertz CT molecular complexity index is 3400. The molecule has 90 heavy (non-hydrogen) atoms. The zero-order valence-corrected chi connectivity index (χ0v) is 49.7. The van der Waals surface area contributed by atoms with Gasteiger partial charge in [0.15, 0.2) is 5.78 Å². The van der Waals surface area contributed by atoms with Crippen LogP contribution in [0.3, 0.4) is 0 Å². The minimum atomic E-state index is -1.77. The van der Waals surface area contributed by atoms with E-state index in [-0.39, 0.29) is 89.9 Å². The van der Waals surface area contributed by atoms with Gasteiger partial charge in [-0.25, -0.2) is 4.98 Å². The predicted octanol–water partition coefficient (Wildman–Crippen LogP) is -3.83. The number of unbranched alkanes of at least 4 members (excludes halogenated alkanes) is 1. The standard InChI is InChI=1S/C60H79N17O13/c61-18-7-5-14-41(70-57(87)47(31-78)76-54(84)44(23-34-27-67-40-13-4-2-11-38(34)40)72-55(85)45(24-35-28-64-32-69-35)75-59(89)51-49(80)17-20-65-51)52(82)74-46-25-36(79)29-63-19-8-6-15-42(60(90)77-21-9-16-48(77)58(88)68-30-50(62)81)71-53(83)43(73-56(46)86)22-33-26-66-39-12-3-1-10-37(33)39/h1-4,10-13,26-28,32,41-48,51,63,65-67,78H,5-9,14-25,29-31,61H2,(H2,62,81)(H,64,69)(H,68,88)(H,70,87)(H,71,83)(H,72,85)(H,73,86)(H,74,82)(H,75,89)(H,76,84)/t41-,42-,43-,44-,45-,46-,47-,48+,51+/m0/s1. The number of carbonyl (C=O) groups excluding carboxylic acids is 12. The number of aromatic amines is 3. The van der Waals surface area contributed by atoms with E-state index in [1.807, 2.05) is 12.1 Å². The van der Waals surface area contributed by atoms with E-state index in [0.29, 0.717) is 58.8 Å². The van der Waals surface area contributed by atoms with Crippen molar-refractivity contribution in [3.05, 3.63) is 90.3 Å². The van der Waals surface area contributed by atoms with Crippen LogP contribution < -0.4 is 64.6 Å². The van der Waals surface area contributed by atoms with Crippen LogP contribution in [0, 0.1) is 0 Å². The summed E-state index contributed by atoms with van der Waals surface area (Å²) in [5.74, 6) is -9.19. The number of ketones is 2. The summed E-state index contributed by atoms with van der Waals surface area (Å²) in [7, 11) is 0. The van der Waals surface area contributed by atoms with E-state index in [1.165, 1.54) is 17.4 Å². The molecule has 3 aliphatic rings. The van der Waals surface area contributed by atoms with Crippen molar-refractivity contribution in [1.29, 1.82) is 0 Å². The van der Waals surface area contributed by atoms with Crippen LogP contribution in [0.4, 0.5) is 0 Å². The number of nitrogens with zero attached hydrogens (tertiary/aromatic N) is 2. The van der Waals surface area contributed by atoms with Gasteiger partial charge in [0.25, 0.3) is 0 Å². The van der Waals surface area contributed by atoms with Gasteiger partial charge in [-0.05, 0) is 87.7 Å². The topological polar surface area (TPSA) is 461 Å². The average Bonchev–Trinajstić information content (AvgIpc) is 1.81. The smallest absolute Gasteiger partial charge is 0.245 e. The van der Waals surface area contributed by atoms with Gasteiger partial charge < -0.3 is 84.3 Å². The number of nitrogens with two attached hydrogens (primary N) is 2. The molecule has 10 amide bonds. The summed E-state index contributed by atoms with van der Waals surface area (Å²) in [6.07, 6.45) is 7.32.